The zero-order chi connectivity index (χ0) is 14.2. The summed E-state index contributed by atoms with van der Waals surface area (Å²) in [7, 11) is 0. The predicted molar refractivity (Wildman–Crippen MR) is 79.3 cm³/mol. The van der Waals surface area contributed by atoms with E-state index in [1.54, 1.807) is 6.26 Å². The van der Waals surface area contributed by atoms with Crippen LogP contribution in [0.4, 0.5) is 0 Å². The maximum Gasteiger partial charge on any atom is 0.158 e. The first-order valence-corrected chi connectivity index (χ1v) is 7.22. The van der Waals surface area contributed by atoms with Gasteiger partial charge in [0.05, 0.1) is 12.4 Å². The SMILES string of the molecule is CCCCC(O)CC1OC=CC=C1Oc1ccccc1. The second-order valence-electron chi connectivity index (χ2n) is 4.97. The maximum atomic E-state index is 10.0. The summed E-state index contributed by atoms with van der Waals surface area (Å²) in [5, 5.41) is 10.0. The molecule has 0 radical (unpaired) electrons. The molecule has 0 aliphatic carbocycles. The molecule has 0 saturated carbocycles. The van der Waals surface area contributed by atoms with Gasteiger partial charge in [-0.1, -0.05) is 38.0 Å². The van der Waals surface area contributed by atoms with Crippen LogP contribution in [-0.2, 0) is 4.74 Å². The molecule has 0 spiro atoms. The molecule has 1 heterocycles. The molecule has 0 bridgehead atoms. The molecule has 1 aliphatic rings. The second-order valence-corrected chi connectivity index (χ2v) is 4.97. The number of hydrogen-bond donors (Lipinski definition) is 1. The zero-order valence-electron chi connectivity index (χ0n) is 11.9. The van der Waals surface area contributed by atoms with E-state index >= 15 is 0 Å². The van der Waals surface area contributed by atoms with Crippen LogP contribution in [0.15, 0.2) is 54.5 Å². The normalized spacial score (nSPS) is 19.1. The first-order valence-electron chi connectivity index (χ1n) is 7.22. The summed E-state index contributed by atoms with van der Waals surface area (Å²) in [6.07, 6.45) is 8.27. The van der Waals surface area contributed by atoms with E-state index in [-0.39, 0.29) is 12.2 Å². The highest BCUT2D eigenvalue weighted by atomic mass is 16.5. The highest BCUT2D eigenvalue weighted by molar-refractivity contribution is 5.26. The lowest BCUT2D eigenvalue weighted by Crippen LogP contribution is -2.25. The van der Waals surface area contributed by atoms with E-state index < -0.39 is 0 Å². The van der Waals surface area contributed by atoms with Gasteiger partial charge in [0, 0.05) is 6.42 Å². The molecule has 0 fully saturated rings. The molecule has 0 amide bonds. The number of benzene rings is 1. The van der Waals surface area contributed by atoms with Gasteiger partial charge in [-0.3, -0.25) is 0 Å². The molecule has 2 atom stereocenters. The van der Waals surface area contributed by atoms with Gasteiger partial charge in [-0.2, -0.15) is 0 Å². The average molecular weight is 274 g/mol. The average Bonchev–Trinajstić information content (AvgIpc) is 2.48. The smallest absolute Gasteiger partial charge is 0.158 e. The van der Waals surface area contributed by atoms with Crippen LogP contribution in [0.25, 0.3) is 0 Å². The molecular weight excluding hydrogens is 252 g/mol. The molecule has 3 nitrogen and oxygen atoms in total. The molecule has 1 aromatic rings. The number of hydrogen-bond acceptors (Lipinski definition) is 3. The standard InChI is InChI=1S/C17H22O3/c1-2-3-8-14(18)13-17-16(11-7-12-19-17)20-15-9-5-4-6-10-15/h4-7,9-12,14,17-18H,2-3,8,13H2,1H3. The quantitative estimate of drug-likeness (QED) is 0.822. The fourth-order valence-electron chi connectivity index (χ4n) is 2.15. The van der Waals surface area contributed by atoms with Gasteiger partial charge in [0.25, 0.3) is 0 Å². The third kappa shape index (κ3) is 4.42. The van der Waals surface area contributed by atoms with E-state index in [9.17, 15) is 5.11 Å². The van der Waals surface area contributed by atoms with Gasteiger partial charge in [-0.05, 0) is 30.7 Å². The van der Waals surface area contributed by atoms with Gasteiger partial charge in [-0.15, -0.1) is 0 Å². The van der Waals surface area contributed by atoms with Crippen LogP contribution in [0.5, 0.6) is 5.75 Å². The number of rotatable bonds is 7. The van der Waals surface area contributed by atoms with Crippen molar-refractivity contribution in [2.75, 3.05) is 0 Å². The molecule has 2 rings (SSSR count). The third-order valence-electron chi connectivity index (χ3n) is 3.26. The largest absolute Gasteiger partial charge is 0.490 e. The van der Waals surface area contributed by atoms with Gasteiger partial charge >= 0.3 is 0 Å². The number of aliphatic hydroxyl groups excluding tert-OH is 1. The summed E-state index contributed by atoms with van der Waals surface area (Å²) in [6.45, 7) is 2.12. The molecule has 1 aromatic carbocycles. The lowest BCUT2D eigenvalue weighted by atomic mass is 10.0. The minimum absolute atomic E-state index is 0.216. The molecule has 0 saturated heterocycles. The number of para-hydroxylation sites is 1. The minimum Gasteiger partial charge on any atom is -0.490 e. The molecule has 1 N–H and O–H groups in total. The molecule has 3 heteroatoms. The van der Waals surface area contributed by atoms with Crippen molar-refractivity contribution in [2.45, 2.75) is 44.8 Å². The Hall–Kier alpha value is -1.74. The molecule has 108 valence electrons. The number of allylic oxidation sites excluding steroid dienone is 2. The Balaban J connectivity index is 1.94. The Morgan fingerprint density at radius 3 is 2.85 bits per heavy atom. The molecular formula is C17H22O3. The van der Waals surface area contributed by atoms with Crippen molar-refractivity contribution >= 4 is 0 Å². The summed E-state index contributed by atoms with van der Waals surface area (Å²) < 4.78 is 11.4. The van der Waals surface area contributed by atoms with Gasteiger partial charge in [0.15, 0.2) is 6.10 Å². The number of unbranched alkanes of at least 4 members (excludes halogenated alkanes) is 1. The third-order valence-corrected chi connectivity index (χ3v) is 3.26. The summed E-state index contributed by atoms with van der Waals surface area (Å²) in [5.74, 6) is 1.53. The van der Waals surface area contributed by atoms with Crippen molar-refractivity contribution in [1.29, 1.82) is 0 Å². The van der Waals surface area contributed by atoms with E-state index in [0.717, 1.165) is 30.8 Å². The summed E-state index contributed by atoms with van der Waals surface area (Å²) >= 11 is 0. The van der Waals surface area contributed by atoms with E-state index in [1.807, 2.05) is 42.5 Å². The topological polar surface area (TPSA) is 38.7 Å². The fourth-order valence-corrected chi connectivity index (χ4v) is 2.15. The van der Waals surface area contributed by atoms with Gasteiger partial charge in [0.1, 0.15) is 11.5 Å². The molecule has 0 aromatic heterocycles. The summed E-state index contributed by atoms with van der Waals surface area (Å²) in [6, 6.07) is 9.62. The number of ether oxygens (including phenoxy) is 2. The summed E-state index contributed by atoms with van der Waals surface area (Å²) in [5.41, 5.74) is 0. The second kappa shape index (κ2) is 7.75. The highest BCUT2D eigenvalue weighted by Crippen LogP contribution is 2.23. The van der Waals surface area contributed by atoms with Crippen LogP contribution in [0.1, 0.15) is 32.6 Å². The van der Waals surface area contributed by atoms with Crippen molar-refractivity contribution in [3.8, 4) is 5.75 Å². The van der Waals surface area contributed by atoms with Crippen LogP contribution in [0, 0.1) is 0 Å². The summed E-state index contributed by atoms with van der Waals surface area (Å²) in [4.78, 5) is 0. The molecule has 1 aliphatic heterocycles. The van der Waals surface area contributed by atoms with E-state index in [4.69, 9.17) is 9.47 Å². The minimum atomic E-state index is -0.353. The van der Waals surface area contributed by atoms with Crippen molar-refractivity contribution in [3.05, 3.63) is 54.5 Å². The van der Waals surface area contributed by atoms with Crippen LogP contribution in [0.2, 0.25) is 0 Å². The van der Waals surface area contributed by atoms with Crippen LogP contribution in [0.3, 0.4) is 0 Å². The van der Waals surface area contributed by atoms with Crippen molar-refractivity contribution in [1.82, 2.24) is 0 Å². The predicted octanol–water partition coefficient (Wildman–Crippen LogP) is 3.80. The lowest BCUT2D eigenvalue weighted by Gasteiger charge is -2.24. The van der Waals surface area contributed by atoms with Crippen molar-refractivity contribution in [3.63, 3.8) is 0 Å². The lowest BCUT2D eigenvalue weighted by molar-refractivity contribution is 0.0597. The Labute approximate surface area is 120 Å². The first-order chi connectivity index (χ1) is 9.79. The Morgan fingerprint density at radius 2 is 2.10 bits per heavy atom. The van der Waals surface area contributed by atoms with E-state index in [1.165, 1.54) is 0 Å². The fraction of sp³-hybridized carbons (Fsp3) is 0.412. The van der Waals surface area contributed by atoms with E-state index in [0.29, 0.717) is 6.42 Å². The Kier molecular flexibility index (Phi) is 5.69. The zero-order valence-corrected chi connectivity index (χ0v) is 11.9. The van der Waals surface area contributed by atoms with Crippen LogP contribution < -0.4 is 4.74 Å². The van der Waals surface area contributed by atoms with Crippen LogP contribution in [-0.4, -0.2) is 17.3 Å². The first kappa shape index (κ1) is 14.7. The monoisotopic (exact) mass is 274 g/mol. The van der Waals surface area contributed by atoms with Gasteiger partial charge in [-0.25, -0.2) is 0 Å². The highest BCUT2D eigenvalue weighted by Gasteiger charge is 2.22. The maximum absolute atomic E-state index is 10.0. The van der Waals surface area contributed by atoms with Gasteiger partial charge in [0.2, 0.25) is 0 Å². The molecule has 2 unspecified atom stereocenters. The Morgan fingerprint density at radius 1 is 1.30 bits per heavy atom. The molecule has 20 heavy (non-hydrogen) atoms. The Bertz CT molecular complexity index is 451. The van der Waals surface area contributed by atoms with Crippen LogP contribution >= 0.6 is 0 Å². The van der Waals surface area contributed by atoms with Crippen molar-refractivity contribution in [2.24, 2.45) is 0 Å². The van der Waals surface area contributed by atoms with Gasteiger partial charge < -0.3 is 14.6 Å². The van der Waals surface area contributed by atoms with Crippen molar-refractivity contribution < 1.29 is 14.6 Å². The van der Waals surface area contributed by atoms with E-state index in [2.05, 4.69) is 6.92 Å². The number of aliphatic hydroxyl groups is 1.